The van der Waals surface area contributed by atoms with Gasteiger partial charge < -0.3 is 9.64 Å². The van der Waals surface area contributed by atoms with Crippen LogP contribution in [0.5, 0.6) is 0 Å². The number of ether oxygens (including phenoxy) is 1. The molecule has 0 N–H and O–H groups in total. The van der Waals surface area contributed by atoms with Gasteiger partial charge >= 0.3 is 5.97 Å². The quantitative estimate of drug-likeness (QED) is 0.738. The van der Waals surface area contributed by atoms with Crippen LogP contribution in [-0.2, 0) is 9.53 Å². The summed E-state index contributed by atoms with van der Waals surface area (Å²) in [6.45, 7) is 3.29. The third-order valence-electron chi connectivity index (χ3n) is 4.27. The number of thiophene rings is 1. The van der Waals surface area contributed by atoms with E-state index in [0.29, 0.717) is 29.6 Å². The number of piperidine rings is 1. The second kappa shape index (κ2) is 8.02. The number of carbonyl (C=O) groups is 2. The zero-order valence-electron chi connectivity index (χ0n) is 14.0. The lowest BCUT2D eigenvalue weighted by Gasteiger charge is -2.31. The van der Waals surface area contributed by atoms with Gasteiger partial charge in [-0.25, -0.2) is 0 Å². The van der Waals surface area contributed by atoms with Gasteiger partial charge in [0.15, 0.2) is 0 Å². The van der Waals surface area contributed by atoms with E-state index in [0.717, 1.165) is 23.3 Å². The summed E-state index contributed by atoms with van der Waals surface area (Å²) >= 11 is 7.39. The number of hydrogen-bond donors (Lipinski definition) is 0. The molecule has 0 radical (unpaired) electrons. The van der Waals surface area contributed by atoms with Crippen LogP contribution in [0.15, 0.2) is 36.4 Å². The first-order valence-electron chi connectivity index (χ1n) is 8.40. The van der Waals surface area contributed by atoms with Gasteiger partial charge in [-0.15, -0.1) is 11.3 Å². The van der Waals surface area contributed by atoms with Crippen molar-refractivity contribution >= 4 is 34.8 Å². The minimum atomic E-state index is -0.214. The van der Waals surface area contributed by atoms with Crippen molar-refractivity contribution in [2.45, 2.75) is 19.8 Å². The first kappa shape index (κ1) is 18.0. The lowest BCUT2D eigenvalue weighted by molar-refractivity contribution is -0.149. The van der Waals surface area contributed by atoms with Gasteiger partial charge in [0, 0.05) is 23.0 Å². The van der Waals surface area contributed by atoms with Crippen molar-refractivity contribution < 1.29 is 14.3 Å². The monoisotopic (exact) mass is 377 g/mol. The zero-order chi connectivity index (χ0) is 17.8. The maximum absolute atomic E-state index is 12.8. The molecule has 2 aromatic rings. The highest BCUT2D eigenvalue weighted by molar-refractivity contribution is 7.17. The second-order valence-corrected chi connectivity index (χ2v) is 7.53. The first-order chi connectivity index (χ1) is 12.1. The van der Waals surface area contributed by atoms with Crippen molar-refractivity contribution in [1.29, 1.82) is 0 Å². The van der Waals surface area contributed by atoms with E-state index < -0.39 is 0 Å². The van der Waals surface area contributed by atoms with Crippen molar-refractivity contribution in [3.63, 3.8) is 0 Å². The summed E-state index contributed by atoms with van der Waals surface area (Å²) in [6, 6.07) is 11.4. The Hall–Kier alpha value is -1.85. The van der Waals surface area contributed by atoms with E-state index in [1.54, 1.807) is 11.8 Å². The normalized spacial score (nSPS) is 17.4. The average molecular weight is 378 g/mol. The third kappa shape index (κ3) is 4.22. The van der Waals surface area contributed by atoms with Gasteiger partial charge in [0.25, 0.3) is 5.91 Å². The number of nitrogens with zero attached hydrogens (tertiary/aromatic N) is 1. The van der Waals surface area contributed by atoms with Crippen LogP contribution in [0.25, 0.3) is 10.4 Å². The molecule has 4 nitrogen and oxygen atoms in total. The molecule has 0 aliphatic carbocycles. The summed E-state index contributed by atoms with van der Waals surface area (Å²) in [5.74, 6) is -0.430. The molecule has 1 aromatic carbocycles. The molecule has 0 bridgehead atoms. The van der Waals surface area contributed by atoms with E-state index in [9.17, 15) is 9.59 Å². The summed E-state index contributed by atoms with van der Waals surface area (Å²) in [4.78, 5) is 28.2. The number of likely N-dealkylation sites (tertiary alicyclic amines) is 1. The Balaban J connectivity index is 1.70. The molecule has 1 aliphatic rings. The van der Waals surface area contributed by atoms with Crippen LogP contribution in [0.1, 0.15) is 29.4 Å². The number of hydrogen-bond acceptors (Lipinski definition) is 4. The van der Waals surface area contributed by atoms with E-state index in [-0.39, 0.29) is 17.8 Å². The SMILES string of the molecule is CCOC(=O)[C@@H]1CCCN(C(=O)c2ccc(-c3ccc(Cl)cc3)s2)C1. The zero-order valence-corrected chi connectivity index (χ0v) is 15.6. The van der Waals surface area contributed by atoms with Crippen molar-refractivity contribution in [1.82, 2.24) is 4.90 Å². The molecular formula is C19H20ClNO3S. The Morgan fingerprint density at radius 2 is 2.00 bits per heavy atom. The van der Waals surface area contributed by atoms with Crippen LogP contribution in [-0.4, -0.2) is 36.5 Å². The van der Waals surface area contributed by atoms with E-state index in [2.05, 4.69) is 0 Å². The molecule has 6 heteroatoms. The van der Waals surface area contributed by atoms with Gasteiger partial charge in [-0.1, -0.05) is 23.7 Å². The summed E-state index contributed by atoms with van der Waals surface area (Å²) in [5, 5.41) is 0.690. The fourth-order valence-electron chi connectivity index (χ4n) is 2.99. The van der Waals surface area contributed by atoms with Crippen molar-refractivity contribution in [3.8, 4) is 10.4 Å². The van der Waals surface area contributed by atoms with Gasteiger partial charge in [0.1, 0.15) is 0 Å². The predicted molar refractivity (Wildman–Crippen MR) is 100 cm³/mol. The largest absolute Gasteiger partial charge is 0.466 e. The molecule has 1 atom stereocenters. The van der Waals surface area contributed by atoms with E-state index in [4.69, 9.17) is 16.3 Å². The average Bonchev–Trinajstić information content (AvgIpc) is 3.12. The molecule has 25 heavy (non-hydrogen) atoms. The number of rotatable bonds is 4. The highest BCUT2D eigenvalue weighted by Crippen LogP contribution is 2.30. The van der Waals surface area contributed by atoms with Crippen LogP contribution >= 0.6 is 22.9 Å². The minimum Gasteiger partial charge on any atom is -0.466 e. The molecule has 1 amide bonds. The molecule has 0 saturated carbocycles. The van der Waals surface area contributed by atoms with E-state index >= 15 is 0 Å². The molecule has 1 saturated heterocycles. The van der Waals surface area contributed by atoms with Crippen molar-refractivity contribution in [3.05, 3.63) is 46.3 Å². The summed E-state index contributed by atoms with van der Waals surface area (Å²) in [7, 11) is 0. The Labute approximate surface area is 156 Å². The molecule has 1 aromatic heterocycles. The molecule has 0 unspecified atom stereocenters. The minimum absolute atomic E-state index is 0.0146. The number of halogens is 1. The molecule has 3 rings (SSSR count). The van der Waals surface area contributed by atoms with Gasteiger partial charge in [-0.2, -0.15) is 0 Å². The molecule has 1 fully saturated rings. The predicted octanol–water partition coefficient (Wildman–Crippen LogP) is 4.48. The number of carbonyl (C=O) groups excluding carboxylic acids is 2. The maximum Gasteiger partial charge on any atom is 0.310 e. The number of benzene rings is 1. The number of amides is 1. The van der Waals surface area contributed by atoms with Crippen LogP contribution in [0.2, 0.25) is 5.02 Å². The Morgan fingerprint density at radius 3 is 2.72 bits per heavy atom. The molecule has 132 valence electrons. The fourth-order valence-corrected chi connectivity index (χ4v) is 4.10. The van der Waals surface area contributed by atoms with Gasteiger partial charge in [0.2, 0.25) is 0 Å². The highest BCUT2D eigenvalue weighted by Gasteiger charge is 2.30. The Bertz CT molecular complexity index is 756. The molecular weight excluding hydrogens is 358 g/mol. The van der Waals surface area contributed by atoms with E-state index in [1.165, 1.54) is 11.3 Å². The van der Waals surface area contributed by atoms with Crippen LogP contribution in [0.3, 0.4) is 0 Å². The standard InChI is InChI=1S/C19H20ClNO3S/c1-2-24-19(23)14-4-3-11-21(12-14)18(22)17-10-9-16(25-17)13-5-7-15(20)8-6-13/h5-10,14H,2-4,11-12H2,1H3/t14-/m1/s1. The lowest BCUT2D eigenvalue weighted by Crippen LogP contribution is -2.42. The Morgan fingerprint density at radius 1 is 1.24 bits per heavy atom. The maximum atomic E-state index is 12.8. The number of esters is 1. The summed E-state index contributed by atoms with van der Waals surface area (Å²) in [5.41, 5.74) is 1.04. The smallest absolute Gasteiger partial charge is 0.310 e. The second-order valence-electron chi connectivity index (χ2n) is 6.01. The van der Waals surface area contributed by atoms with Gasteiger partial charge in [-0.05, 0) is 49.6 Å². The van der Waals surface area contributed by atoms with E-state index in [1.807, 2.05) is 36.4 Å². The Kier molecular flexibility index (Phi) is 5.76. The molecule has 1 aliphatic heterocycles. The molecule has 0 spiro atoms. The van der Waals surface area contributed by atoms with Crippen molar-refractivity contribution in [2.24, 2.45) is 5.92 Å². The van der Waals surface area contributed by atoms with Crippen molar-refractivity contribution in [2.75, 3.05) is 19.7 Å². The molecule has 2 heterocycles. The summed E-state index contributed by atoms with van der Waals surface area (Å²) < 4.78 is 5.10. The van der Waals surface area contributed by atoms with Gasteiger partial charge in [0.05, 0.1) is 17.4 Å². The van der Waals surface area contributed by atoms with Crippen LogP contribution in [0.4, 0.5) is 0 Å². The van der Waals surface area contributed by atoms with Gasteiger partial charge in [-0.3, -0.25) is 9.59 Å². The first-order valence-corrected chi connectivity index (χ1v) is 9.59. The third-order valence-corrected chi connectivity index (χ3v) is 5.65. The van der Waals surface area contributed by atoms with Crippen LogP contribution in [0, 0.1) is 5.92 Å². The highest BCUT2D eigenvalue weighted by atomic mass is 35.5. The van der Waals surface area contributed by atoms with Crippen LogP contribution < -0.4 is 0 Å². The fraction of sp³-hybridized carbons (Fsp3) is 0.368. The topological polar surface area (TPSA) is 46.6 Å². The summed E-state index contributed by atoms with van der Waals surface area (Å²) in [6.07, 6.45) is 1.60. The lowest BCUT2D eigenvalue weighted by atomic mass is 9.98.